The molecule has 0 atom stereocenters. The minimum Gasteiger partial charge on any atom is -0.389 e. The molecule has 2 aromatic heterocycles. The number of nitrogens with zero attached hydrogens (tertiary/aromatic N) is 3. The molecule has 0 bridgehead atoms. The van der Waals surface area contributed by atoms with Gasteiger partial charge in [-0.1, -0.05) is 15.9 Å². The molecule has 1 aromatic carbocycles. The van der Waals surface area contributed by atoms with Gasteiger partial charge in [0.15, 0.2) is 0 Å². The van der Waals surface area contributed by atoms with Crippen molar-refractivity contribution in [1.82, 2.24) is 9.97 Å². The van der Waals surface area contributed by atoms with E-state index in [9.17, 15) is 5.11 Å². The molecule has 4 rings (SSSR count). The molecular weight excluding hydrogens is 418 g/mol. The van der Waals surface area contributed by atoms with Crippen molar-refractivity contribution in [1.29, 1.82) is 0 Å². The third kappa shape index (κ3) is 3.43. The summed E-state index contributed by atoms with van der Waals surface area (Å²) in [5.41, 5.74) is 1.25. The zero-order valence-electron chi connectivity index (χ0n) is 14.0. The third-order valence-corrected chi connectivity index (χ3v) is 7.04. The second kappa shape index (κ2) is 6.87. The minimum atomic E-state index is -0.245. The van der Waals surface area contributed by atoms with E-state index in [1.54, 1.807) is 23.1 Å². The van der Waals surface area contributed by atoms with E-state index in [1.807, 2.05) is 12.1 Å². The van der Waals surface area contributed by atoms with Crippen molar-refractivity contribution in [2.24, 2.45) is 0 Å². The van der Waals surface area contributed by atoms with Crippen LogP contribution in [0.3, 0.4) is 0 Å². The molecule has 0 amide bonds. The Morgan fingerprint density at radius 2 is 1.96 bits per heavy atom. The Labute approximate surface area is 163 Å². The zero-order valence-corrected chi connectivity index (χ0v) is 17.2. The SMILES string of the molecule is Cc1sc2nc(CSc3ccc(Br)cc3)nc(N3CC(O)C3)c2c1C. The van der Waals surface area contributed by atoms with Crippen molar-refractivity contribution in [3.63, 3.8) is 0 Å². The van der Waals surface area contributed by atoms with Crippen molar-refractivity contribution in [3.8, 4) is 0 Å². The first kappa shape index (κ1) is 17.3. The molecule has 0 aliphatic carbocycles. The number of β-amino-alcohol motifs (C(OH)–C–C–N with tert-alkyl or cyclic N) is 1. The second-order valence-electron chi connectivity index (χ2n) is 6.23. The molecule has 1 N–H and O–H groups in total. The van der Waals surface area contributed by atoms with Crippen LogP contribution in [-0.2, 0) is 5.75 Å². The number of aryl methyl sites for hydroxylation is 2. The van der Waals surface area contributed by atoms with Gasteiger partial charge in [0.1, 0.15) is 16.5 Å². The van der Waals surface area contributed by atoms with Crippen molar-refractivity contribution in [2.75, 3.05) is 18.0 Å². The molecule has 0 unspecified atom stereocenters. The number of hydrogen-bond acceptors (Lipinski definition) is 6. The smallest absolute Gasteiger partial charge is 0.142 e. The lowest BCUT2D eigenvalue weighted by Gasteiger charge is -2.37. The molecule has 1 saturated heterocycles. The van der Waals surface area contributed by atoms with E-state index in [0.29, 0.717) is 13.1 Å². The van der Waals surface area contributed by atoms with Gasteiger partial charge in [-0.05, 0) is 43.7 Å². The Balaban J connectivity index is 1.66. The highest BCUT2D eigenvalue weighted by Gasteiger charge is 2.29. The molecule has 3 aromatic rings. The first-order valence-electron chi connectivity index (χ1n) is 8.09. The number of benzene rings is 1. The summed E-state index contributed by atoms with van der Waals surface area (Å²) in [6.45, 7) is 5.57. The van der Waals surface area contributed by atoms with Crippen LogP contribution in [0.5, 0.6) is 0 Å². The van der Waals surface area contributed by atoms with Gasteiger partial charge in [-0.2, -0.15) is 0 Å². The standard InChI is InChI=1S/C18H18BrN3OS2/c1-10-11(2)25-18-16(10)17(22-7-13(23)8-22)20-15(21-18)9-24-14-5-3-12(19)4-6-14/h3-6,13,23H,7-9H2,1-2H3. The fourth-order valence-corrected chi connectivity index (χ4v) is 4.93. The van der Waals surface area contributed by atoms with Gasteiger partial charge in [0.25, 0.3) is 0 Å². The maximum absolute atomic E-state index is 9.68. The Hall–Kier alpha value is -1.15. The lowest BCUT2D eigenvalue weighted by Crippen LogP contribution is -2.51. The number of aromatic nitrogens is 2. The van der Waals surface area contributed by atoms with Crippen LogP contribution in [0.4, 0.5) is 5.82 Å². The van der Waals surface area contributed by atoms with Crippen molar-refractivity contribution < 1.29 is 5.11 Å². The Morgan fingerprint density at radius 3 is 2.64 bits per heavy atom. The van der Waals surface area contributed by atoms with Gasteiger partial charge >= 0.3 is 0 Å². The molecule has 0 saturated carbocycles. The number of halogens is 1. The summed E-state index contributed by atoms with van der Waals surface area (Å²) in [5.74, 6) is 2.55. The van der Waals surface area contributed by atoms with Crippen LogP contribution < -0.4 is 4.90 Å². The van der Waals surface area contributed by atoms with E-state index in [-0.39, 0.29) is 6.10 Å². The summed E-state index contributed by atoms with van der Waals surface area (Å²) in [6.07, 6.45) is -0.245. The van der Waals surface area contributed by atoms with Gasteiger partial charge in [-0.3, -0.25) is 0 Å². The molecule has 0 spiro atoms. The number of thiophene rings is 1. The number of fused-ring (bicyclic) bond motifs is 1. The van der Waals surface area contributed by atoms with E-state index >= 15 is 0 Å². The Bertz CT molecular complexity index is 920. The number of aliphatic hydroxyl groups excluding tert-OH is 1. The zero-order chi connectivity index (χ0) is 17.6. The molecule has 130 valence electrons. The van der Waals surface area contributed by atoms with Gasteiger partial charge in [0, 0.05) is 27.3 Å². The van der Waals surface area contributed by atoms with E-state index < -0.39 is 0 Å². The lowest BCUT2D eigenvalue weighted by molar-refractivity contribution is 0.141. The van der Waals surface area contributed by atoms with Crippen molar-refractivity contribution in [3.05, 3.63) is 45.0 Å². The Morgan fingerprint density at radius 1 is 1.24 bits per heavy atom. The van der Waals surface area contributed by atoms with Crippen LogP contribution in [0.1, 0.15) is 16.3 Å². The average molecular weight is 436 g/mol. The summed E-state index contributed by atoms with van der Waals surface area (Å²) >= 11 is 6.93. The second-order valence-corrected chi connectivity index (χ2v) is 9.40. The molecule has 1 aliphatic heterocycles. The van der Waals surface area contributed by atoms with Crippen LogP contribution in [0.15, 0.2) is 33.6 Å². The number of aliphatic hydroxyl groups is 1. The normalized spacial score (nSPS) is 15.0. The summed E-state index contributed by atoms with van der Waals surface area (Å²) in [4.78, 5) is 15.3. The third-order valence-electron chi connectivity index (χ3n) is 4.40. The molecule has 7 heteroatoms. The van der Waals surface area contributed by atoms with Crippen LogP contribution in [0.25, 0.3) is 10.2 Å². The van der Waals surface area contributed by atoms with E-state index in [4.69, 9.17) is 9.97 Å². The first-order chi connectivity index (χ1) is 12.0. The fraction of sp³-hybridized carbons (Fsp3) is 0.333. The molecule has 3 heterocycles. The van der Waals surface area contributed by atoms with Crippen LogP contribution in [0, 0.1) is 13.8 Å². The van der Waals surface area contributed by atoms with Gasteiger partial charge in [0.2, 0.25) is 0 Å². The molecule has 0 radical (unpaired) electrons. The van der Waals surface area contributed by atoms with Crippen LogP contribution in [0.2, 0.25) is 0 Å². The maximum Gasteiger partial charge on any atom is 0.142 e. The first-order valence-corrected chi connectivity index (χ1v) is 10.7. The fourth-order valence-electron chi connectivity index (χ4n) is 2.87. The van der Waals surface area contributed by atoms with Gasteiger partial charge < -0.3 is 10.0 Å². The van der Waals surface area contributed by atoms with Gasteiger partial charge in [-0.25, -0.2) is 9.97 Å². The highest BCUT2D eigenvalue weighted by Crippen LogP contribution is 2.37. The minimum absolute atomic E-state index is 0.245. The highest BCUT2D eigenvalue weighted by atomic mass is 79.9. The quantitative estimate of drug-likeness (QED) is 0.609. The highest BCUT2D eigenvalue weighted by molar-refractivity contribution is 9.10. The topological polar surface area (TPSA) is 49.2 Å². The number of thioether (sulfide) groups is 1. The predicted octanol–water partition coefficient (Wildman–Crippen LogP) is 4.54. The van der Waals surface area contributed by atoms with Crippen LogP contribution >= 0.6 is 39.0 Å². The summed E-state index contributed by atoms with van der Waals surface area (Å²) in [7, 11) is 0. The molecule has 4 nitrogen and oxygen atoms in total. The van der Waals surface area contributed by atoms with Gasteiger partial charge in [0.05, 0.1) is 17.2 Å². The molecule has 1 fully saturated rings. The number of rotatable bonds is 4. The number of anilines is 1. The van der Waals surface area contributed by atoms with Crippen LogP contribution in [-0.4, -0.2) is 34.3 Å². The monoisotopic (exact) mass is 435 g/mol. The molecule has 25 heavy (non-hydrogen) atoms. The lowest BCUT2D eigenvalue weighted by atomic mass is 10.1. The summed E-state index contributed by atoms with van der Waals surface area (Å²) in [6, 6.07) is 8.29. The largest absolute Gasteiger partial charge is 0.389 e. The van der Waals surface area contributed by atoms with Crippen molar-refractivity contribution >= 4 is 55.1 Å². The molecule has 1 aliphatic rings. The summed E-state index contributed by atoms with van der Waals surface area (Å²) < 4.78 is 1.08. The predicted molar refractivity (Wildman–Crippen MR) is 109 cm³/mol. The maximum atomic E-state index is 9.68. The van der Waals surface area contributed by atoms with Crippen molar-refractivity contribution in [2.45, 2.75) is 30.6 Å². The van der Waals surface area contributed by atoms with E-state index in [2.05, 4.69) is 46.8 Å². The summed E-state index contributed by atoms with van der Waals surface area (Å²) in [5, 5.41) is 10.8. The molecular formula is C18H18BrN3OS2. The average Bonchev–Trinajstić information content (AvgIpc) is 2.85. The van der Waals surface area contributed by atoms with Gasteiger partial charge in [-0.15, -0.1) is 23.1 Å². The van der Waals surface area contributed by atoms with E-state index in [0.717, 1.165) is 32.1 Å². The van der Waals surface area contributed by atoms with E-state index in [1.165, 1.54) is 15.3 Å². The Kier molecular flexibility index (Phi) is 4.75. The number of hydrogen-bond donors (Lipinski definition) is 1.